The summed E-state index contributed by atoms with van der Waals surface area (Å²) in [6, 6.07) is 37.1. The Hall–Kier alpha value is -5.16. The average molecular weight is 478 g/mol. The lowest BCUT2D eigenvalue weighted by Gasteiger charge is -2.25. The van der Waals surface area contributed by atoms with Crippen LogP contribution in [-0.4, -0.2) is 9.97 Å². The molecule has 5 heteroatoms. The lowest BCUT2D eigenvalue weighted by molar-refractivity contribution is 0.654. The van der Waals surface area contributed by atoms with Crippen LogP contribution >= 0.6 is 0 Å². The van der Waals surface area contributed by atoms with Crippen molar-refractivity contribution >= 4 is 72.1 Å². The van der Waals surface area contributed by atoms with Crippen molar-refractivity contribution in [1.29, 1.82) is 0 Å². The van der Waals surface area contributed by atoms with E-state index in [-0.39, 0.29) is 0 Å². The van der Waals surface area contributed by atoms with Gasteiger partial charge in [0, 0.05) is 33.4 Å². The molecule has 0 amide bonds. The molecule has 0 aliphatic heterocycles. The maximum absolute atomic E-state index is 6.06. The average Bonchev–Trinajstić information content (AvgIpc) is 3.51. The smallest absolute Gasteiger partial charge is 0.227 e. The Bertz CT molecular complexity index is 2000. The Balaban J connectivity index is 1.43. The Morgan fingerprint density at radius 1 is 0.568 bits per heavy atom. The van der Waals surface area contributed by atoms with E-state index in [1.807, 2.05) is 48.5 Å². The molecule has 0 N–H and O–H groups in total. The van der Waals surface area contributed by atoms with Gasteiger partial charge in [-0.1, -0.05) is 48.5 Å². The number of pyridine rings is 2. The normalized spacial score (nSPS) is 11.8. The number of rotatable bonds is 3. The van der Waals surface area contributed by atoms with Crippen LogP contribution in [0.3, 0.4) is 0 Å². The van der Waals surface area contributed by atoms with Crippen LogP contribution in [0.1, 0.15) is 0 Å². The number of fused-ring (bicyclic) bond motifs is 7. The third-order valence-electron chi connectivity index (χ3n) is 6.93. The molecule has 0 saturated heterocycles. The standard InChI is InChI=1S/C32H19N3O2/c1-2-9-22-20(7-1)8-5-12-26(22)35(21-14-15-28-25(19-21)23-11-6-18-33-32(23)37-28)30-17-16-29-31(34-30)24-10-3-4-13-27(24)36-29/h1-19H. The molecule has 0 radical (unpaired) electrons. The second kappa shape index (κ2) is 7.67. The molecular formula is C32H19N3O2. The van der Waals surface area contributed by atoms with E-state index in [9.17, 15) is 0 Å². The summed E-state index contributed by atoms with van der Waals surface area (Å²) in [5, 5.41) is 5.31. The van der Waals surface area contributed by atoms with Crippen molar-refractivity contribution in [2.75, 3.05) is 4.90 Å². The zero-order chi connectivity index (χ0) is 24.3. The summed E-state index contributed by atoms with van der Waals surface area (Å²) in [5.41, 5.74) is 5.91. The zero-order valence-electron chi connectivity index (χ0n) is 19.6. The highest BCUT2D eigenvalue weighted by atomic mass is 16.3. The van der Waals surface area contributed by atoms with Crippen LogP contribution in [0.4, 0.5) is 17.2 Å². The molecular weight excluding hydrogens is 458 g/mol. The molecule has 8 aromatic rings. The predicted octanol–water partition coefficient (Wildman–Crippen LogP) is 8.90. The van der Waals surface area contributed by atoms with Crippen molar-refractivity contribution in [3.63, 3.8) is 0 Å². The van der Waals surface area contributed by atoms with Crippen molar-refractivity contribution < 1.29 is 8.83 Å². The van der Waals surface area contributed by atoms with Gasteiger partial charge in [0.15, 0.2) is 5.58 Å². The summed E-state index contributed by atoms with van der Waals surface area (Å²) in [4.78, 5) is 11.8. The number of aromatic nitrogens is 2. The fourth-order valence-corrected chi connectivity index (χ4v) is 5.24. The largest absolute Gasteiger partial charge is 0.454 e. The zero-order valence-corrected chi connectivity index (χ0v) is 19.6. The third-order valence-corrected chi connectivity index (χ3v) is 6.93. The molecule has 0 bridgehead atoms. The quantitative estimate of drug-likeness (QED) is 0.254. The van der Waals surface area contributed by atoms with Gasteiger partial charge in [-0.2, -0.15) is 0 Å². The highest BCUT2D eigenvalue weighted by Gasteiger charge is 2.20. The van der Waals surface area contributed by atoms with Gasteiger partial charge in [-0.15, -0.1) is 0 Å². The maximum Gasteiger partial charge on any atom is 0.227 e. The number of anilines is 3. The molecule has 0 saturated carbocycles. The third kappa shape index (κ3) is 3.04. The first kappa shape index (κ1) is 20.1. The van der Waals surface area contributed by atoms with Crippen molar-refractivity contribution in [1.82, 2.24) is 9.97 Å². The summed E-state index contributed by atoms with van der Waals surface area (Å²) < 4.78 is 12.1. The Morgan fingerprint density at radius 2 is 1.35 bits per heavy atom. The summed E-state index contributed by atoms with van der Waals surface area (Å²) in [5.74, 6) is 0.806. The van der Waals surface area contributed by atoms with Crippen molar-refractivity contribution in [2.24, 2.45) is 0 Å². The molecule has 5 nitrogen and oxygen atoms in total. The highest BCUT2D eigenvalue weighted by molar-refractivity contribution is 6.07. The van der Waals surface area contributed by atoms with E-state index in [0.29, 0.717) is 5.71 Å². The van der Waals surface area contributed by atoms with Crippen LogP contribution in [0.2, 0.25) is 0 Å². The lowest BCUT2D eigenvalue weighted by Crippen LogP contribution is -2.12. The van der Waals surface area contributed by atoms with E-state index in [1.165, 1.54) is 5.39 Å². The van der Waals surface area contributed by atoms with Crippen LogP contribution in [-0.2, 0) is 0 Å². The first-order chi connectivity index (χ1) is 18.3. The van der Waals surface area contributed by atoms with Gasteiger partial charge in [0.25, 0.3) is 0 Å². The Labute approximate surface area is 211 Å². The fourth-order valence-electron chi connectivity index (χ4n) is 5.24. The van der Waals surface area contributed by atoms with E-state index >= 15 is 0 Å². The Morgan fingerprint density at radius 3 is 2.32 bits per heavy atom. The molecule has 37 heavy (non-hydrogen) atoms. The molecule has 174 valence electrons. The molecule has 0 spiro atoms. The molecule has 0 aliphatic rings. The number of nitrogens with zero attached hydrogens (tertiary/aromatic N) is 3. The summed E-state index contributed by atoms with van der Waals surface area (Å²) in [6.07, 6.45) is 1.75. The monoisotopic (exact) mass is 477 g/mol. The highest BCUT2D eigenvalue weighted by Crippen LogP contribution is 2.41. The second-order valence-electron chi connectivity index (χ2n) is 9.09. The van der Waals surface area contributed by atoms with Gasteiger partial charge in [-0.05, 0) is 66.0 Å². The number of hydrogen-bond donors (Lipinski definition) is 0. The SMILES string of the molecule is c1ccc2c(N(c3ccc4oc5ncccc5c4c3)c3ccc4oc5ccccc5c4n3)cccc2c1. The van der Waals surface area contributed by atoms with Gasteiger partial charge < -0.3 is 8.83 Å². The predicted molar refractivity (Wildman–Crippen MR) is 149 cm³/mol. The van der Waals surface area contributed by atoms with Crippen LogP contribution in [0, 0.1) is 0 Å². The molecule has 0 fully saturated rings. The van der Waals surface area contributed by atoms with E-state index in [4.69, 9.17) is 13.8 Å². The first-order valence-electron chi connectivity index (χ1n) is 12.2. The molecule has 8 rings (SSSR count). The van der Waals surface area contributed by atoms with Crippen molar-refractivity contribution in [3.8, 4) is 0 Å². The van der Waals surface area contributed by atoms with Crippen LogP contribution < -0.4 is 4.90 Å². The van der Waals surface area contributed by atoms with Gasteiger partial charge in [0.2, 0.25) is 5.71 Å². The van der Waals surface area contributed by atoms with Gasteiger partial charge >= 0.3 is 0 Å². The van der Waals surface area contributed by atoms with Gasteiger partial charge in [-0.25, -0.2) is 9.97 Å². The van der Waals surface area contributed by atoms with Crippen molar-refractivity contribution in [3.05, 3.63) is 115 Å². The van der Waals surface area contributed by atoms with E-state index in [0.717, 1.165) is 61.0 Å². The minimum absolute atomic E-state index is 0.635. The van der Waals surface area contributed by atoms with Crippen LogP contribution in [0.15, 0.2) is 124 Å². The fraction of sp³-hybridized carbons (Fsp3) is 0. The summed E-state index contributed by atoms with van der Waals surface area (Å²) >= 11 is 0. The molecule has 4 aromatic heterocycles. The van der Waals surface area contributed by atoms with E-state index < -0.39 is 0 Å². The first-order valence-corrected chi connectivity index (χ1v) is 12.2. The van der Waals surface area contributed by atoms with E-state index in [2.05, 4.69) is 70.5 Å². The van der Waals surface area contributed by atoms with Gasteiger partial charge in [0.05, 0.1) is 5.69 Å². The van der Waals surface area contributed by atoms with Gasteiger partial charge in [0.1, 0.15) is 22.5 Å². The topological polar surface area (TPSA) is 55.3 Å². The Kier molecular flexibility index (Phi) is 4.16. The molecule has 0 atom stereocenters. The van der Waals surface area contributed by atoms with Crippen LogP contribution in [0.5, 0.6) is 0 Å². The molecule has 4 heterocycles. The van der Waals surface area contributed by atoms with Crippen molar-refractivity contribution in [2.45, 2.75) is 0 Å². The molecule has 0 aliphatic carbocycles. The second-order valence-corrected chi connectivity index (χ2v) is 9.09. The lowest BCUT2D eigenvalue weighted by atomic mass is 10.1. The number of hydrogen-bond acceptors (Lipinski definition) is 5. The number of para-hydroxylation sites is 1. The molecule has 0 unspecified atom stereocenters. The van der Waals surface area contributed by atoms with E-state index in [1.54, 1.807) is 6.20 Å². The minimum atomic E-state index is 0.635. The number of furan rings is 2. The minimum Gasteiger partial charge on any atom is -0.454 e. The maximum atomic E-state index is 6.06. The summed E-state index contributed by atoms with van der Waals surface area (Å²) in [6.45, 7) is 0. The van der Waals surface area contributed by atoms with Gasteiger partial charge in [-0.3, -0.25) is 4.90 Å². The number of benzene rings is 4. The van der Waals surface area contributed by atoms with Crippen LogP contribution in [0.25, 0.3) is 54.9 Å². The molecule has 4 aromatic carbocycles. The summed E-state index contributed by atoms with van der Waals surface area (Å²) in [7, 11) is 0.